The summed E-state index contributed by atoms with van der Waals surface area (Å²) in [7, 11) is 5.21. The summed E-state index contributed by atoms with van der Waals surface area (Å²) in [5.74, 6) is -1.54. The molecule has 0 aromatic heterocycles. The van der Waals surface area contributed by atoms with Crippen molar-refractivity contribution in [1.29, 1.82) is 0 Å². The number of hydrogen-bond acceptors (Lipinski definition) is 6. The number of nitrogens with zero attached hydrogens (tertiary/aromatic N) is 1. The van der Waals surface area contributed by atoms with Gasteiger partial charge in [-0.05, 0) is 59.9 Å². The minimum atomic E-state index is -0.787. The lowest BCUT2D eigenvalue weighted by Crippen LogP contribution is -2.35. The molecule has 0 radical (unpaired) electrons. The van der Waals surface area contributed by atoms with Crippen LogP contribution in [0.5, 0.6) is 0 Å². The van der Waals surface area contributed by atoms with E-state index >= 15 is 0 Å². The van der Waals surface area contributed by atoms with Crippen LogP contribution in [-0.2, 0) is 9.59 Å². The van der Waals surface area contributed by atoms with Gasteiger partial charge in [-0.15, -0.1) is 0 Å². The maximum atomic E-state index is 10.7. The minimum absolute atomic E-state index is 0.364. The topological polar surface area (TPSA) is 142 Å². The van der Waals surface area contributed by atoms with Crippen LogP contribution in [0.3, 0.4) is 0 Å². The molecule has 0 aliphatic carbocycles. The normalized spacial score (nSPS) is 13.1. The van der Waals surface area contributed by atoms with Crippen LogP contribution in [0.25, 0.3) is 0 Å². The molecule has 0 saturated heterocycles. The van der Waals surface area contributed by atoms with E-state index in [9.17, 15) is 9.59 Å². The molecule has 8 heteroatoms. The summed E-state index contributed by atoms with van der Waals surface area (Å²) in [4.78, 5) is 22.8. The van der Waals surface area contributed by atoms with Gasteiger partial charge in [-0.3, -0.25) is 14.5 Å². The second kappa shape index (κ2) is 15.7. The molecule has 0 spiro atoms. The fraction of sp³-hybridized carbons (Fsp3) is 0.867. The standard InChI is InChI=1S/C8H18N2O2.C7H16N2O2/c1-10(2)7(8(11)12)5-3-4-6-9;1-9-6(7(10)11)4-2-3-5-8/h7H,3-6,9H2,1-2H3,(H,11,12);6,9H,2-5,8H2,1H3,(H,10,11)/t7-;6-/m00/s1. The van der Waals surface area contributed by atoms with E-state index in [4.69, 9.17) is 21.7 Å². The largest absolute Gasteiger partial charge is 0.480 e. The Morgan fingerprint density at radius 3 is 1.74 bits per heavy atom. The Bertz CT molecular complexity index is 314. The molecule has 0 fully saturated rings. The Morgan fingerprint density at radius 2 is 1.43 bits per heavy atom. The Labute approximate surface area is 139 Å². The van der Waals surface area contributed by atoms with E-state index in [2.05, 4.69) is 5.32 Å². The van der Waals surface area contributed by atoms with E-state index in [0.29, 0.717) is 25.9 Å². The Morgan fingerprint density at radius 1 is 0.957 bits per heavy atom. The third-order valence-corrected chi connectivity index (χ3v) is 3.43. The molecule has 0 aromatic carbocycles. The van der Waals surface area contributed by atoms with Crippen LogP contribution >= 0.6 is 0 Å². The number of unbranched alkanes of at least 4 members (excludes halogenated alkanes) is 2. The van der Waals surface area contributed by atoms with Crippen LogP contribution in [-0.4, -0.2) is 73.4 Å². The minimum Gasteiger partial charge on any atom is -0.480 e. The molecular formula is C15H34N4O4. The van der Waals surface area contributed by atoms with Crippen molar-refractivity contribution in [3.63, 3.8) is 0 Å². The number of carboxylic acids is 2. The van der Waals surface area contributed by atoms with Crippen LogP contribution in [0.1, 0.15) is 38.5 Å². The monoisotopic (exact) mass is 334 g/mol. The van der Waals surface area contributed by atoms with Crippen LogP contribution < -0.4 is 16.8 Å². The van der Waals surface area contributed by atoms with Crippen LogP contribution in [0.2, 0.25) is 0 Å². The lowest BCUT2D eigenvalue weighted by Gasteiger charge is -2.19. The highest BCUT2D eigenvalue weighted by atomic mass is 16.4. The highest BCUT2D eigenvalue weighted by Crippen LogP contribution is 2.05. The first-order valence-corrected chi connectivity index (χ1v) is 8.01. The van der Waals surface area contributed by atoms with E-state index in [1.807, 2.05) is 0 Å². The zero-order chi connectivity index (χ0) is 18.3. The van der Waals surface area contributed by atoms with Crippen molar-refractivity contribution >= 4 is 11.9 Å². The molecule has 0 aromatic rings. The van der Waals surface area contributed by atoms with Gasteiger partial charge < -0.3 is 27.0 Å². The highest BCUT2D eigenvalue weighted by molar-refractivity contribution is 5.73. The summed E-state index contributed by atoms with van der Waals surface area (Å²) < 4.78 is 0. The van der Waals surface area contributed by atoms with Gasteiger partial charge in [0.2, 0.25) is 0 Å². The molecule has 8 nitrogen and oxygen atoms in total. The molecule has 0 aliphatic rings. The molecule has 0 unspecified atom stereocenters. The lowest BCUT2D eigenvalue weighted by atomic mass is 10.1. The fourth-order valence-corrected chi connectivity index (χ4v) is 1.97. The zero-order valence-corrected chi connectivity index (χ0v) is 14.6. The maximum absolute atomic E-state index is 10.7. The molecule has 0 saturated carbocycles. The Balaban J connectivity index is 0. The maximum Gasteiger partial charge on any atom is 0.320 e. The average Bonchev–Trinajstić information content (AvgIpc) is 2.47. The molecule has 138 valence electrons. The third kappa shape index (κ3) is 14.1. The number of aliphatic carboxylic acids is 2. The zero-order valence-electron chi connectivity index (χ0n) is 14.6. The lowest BCUT2D eigenvalue weighted by molar-refractivity contribution is -0.142. The van der Waals surface area contributed by atoms with Gasteiger partial charge in [0.15, 0.2) is 0 Å². The summed E-state index contributed by atoms with van der Waals surface area (Å²) in [5.41, 5.74) is 10.6. The van der Waals surface area contributed by atoms with Crippen molar-refractivity contribution in [2.75, 3.05) is 34.2 Å². The first-order chi connectivity index (χ1) is 10.8. The first-order valence-electron chi connectivity index (χ1n) is 8.01. The number of rotatable bonds is 12. The number of carbonyl (C=O) groups is 2. The number of hydrogen-bond donors (Lipinski definition) is 5. The molecule has 0 bridgehead atoms. The van der Waals surface area contributed by atoms with E-state index in [0.717, 1.165) is 25.7 Å². The predicted octanol–water partition coefficient (Wildman–Crippen LogP) is -0.0818. The molecule has 0 rings (SSSR count). The van der Waals surface area contributed by atoms with E-state index < -0.39 is 18.0 Å². The number of carboxylic acid groups (broad SMARTS) is 2. The van der Waals surface area contributed by atoms with Gasteiger partial charge in [0.05, 0.1) is 0 Å². The van der Waals surface area contributed by atoms with Gasteiger partial charge in [-0.25, -0.2) is 0 Å². The smallest absolute Gasteiger partial charge is 0.320 e. The van der Waals surface area contributed by atoms with Crippen molar-refractivity contribution in [2.24, 2.45) is 11.5 Å². The summed E-state index contributed by atoms with van der Waals surface area (Å²) in [6.45, 7) is 1.27. The summed E-state index contributed by atoms with van der Waals surface area (Å²) in [6, 6.07) is -0.780. The average molecular weight is 334 g/mol. The second-order valence-corrected chi connectivity index (χ2v) is 5.57. The molecule has 0 heterocycles. The molecule has 23 heavy (non-hydrogen) atoms. The van der Waals surface area contributed by atoms with E-state index in [1.54, 1.807) is 26.0 Å². The van der Waals surface area contributed by atoms with Gasteiger partial charge in [-0.1, -0.05) is 12.8 Å². The van der Waals surface area contributed by atoms with Gasteiger partial charge in [-0.2, -0.15) is 0 Å². The first kappa shape index (κ1) is 24.0. The predicted molar refractivity (Wildman–Crippen MR) is 91.4 cm³/mol. The summed E-state index contributed by atoms with van der Waals surface area (Å²) in [6.07, 6.45) is 4.88. The number of nitrogens with two attached hydrogens (primary N) is 2. The number of nitrogens with one attached hydrogen (secondary N) is 1. The van der Waals surface area contributed by atoms with E-state index in [-0.39, 0.29) is 6.04 Å². The van der Waals surface area contributed by atoms with Gasteiger partial charge in [0.1, 0.15) is 12.1 Å². The molecule has 7 N–H and O–H groups in total. The summed E-state index contributed by atoms with van der Waals surface area (Å²) >= 11 is 0. The molecular weight excluding hydrogens is 300 g/mol. The molecule has 2 atom stereocenters. The van der Waals surface area contributed by atoms with Crippen LogP contribution in [0.4, 0.5) is 0 Å². The van der Waals surface area contributed by atoms with Crippen molar-refractivity contribution in [3.8, 4) is 0 Å². The van der Waals surface area contributed by atoms with Crippen molar-refractivity contribution in [2.45, 2.75) is 50.6 Å². The van der Waals surface area contributed by atoms with Gasteiger partial charge >= 0.3 is 11.9 Å². The van der Waals surface area contributed by atoms with Crippen molar-refractivity contribution < 1.29 is 19.8 Å². The SMILES string of the molecule is CN(C)[C@@H](CCCCN)C(=O)O.CN[C@@H](CCCCN)C(=O)O. The van der Waals surface area contributed by atoms with Crippen LogP contribution in [0.15, 0.2) is 0 Å². The third-order valence-electron chi connectivity index (χ3n) is 3.43. The van der Waals surface area contributed by atoms with Gasteiger partial charge in [0.25, 0.3) is 0 Å². The molecule has 0 aliphatic heterocycles. The molecule has 0 amide bonds. The van der Waals surface area contributed by atoms with Crippen molar-refractivity contribution in [3.05, 3.63) is 0 Å². The highest BCUT2D eigenvalue weighted by Gasteiger charge is 2.18. The van der Waals surface area contributed by atoms with E-state index in [1.165, 1.54) is 0 Å². The fourth-order valence-electron chi connectivity index (χ4n) is 1.97. The second-order valence-electron chi connectivity index (χ2n) is 5.57. The van der Waals surface area contributed by atoms with Crippen molar-refractivity contribution in [1.82, 2.24) is 10.2 Å². The number of likely N-dealkylation sites (N-methyl/N-ethyl adjacent to an activating group) is 2. The quantitative estimate of drug-likeness (QED) is 0.312. The summed E-state index contributed by atoms with van der Waals surface area (Å²) in [5, 5.41) is 20.1. The Hall–Kier alpha value is -1.22. The van der Waals surface area contributed by atoms with Gasteiger partial charge in [0, 0.05) is 0 Å². The van der Waals surface area contributed by atoms with Crippen LogP contribution in [0, 0.1) is 0 Å². The Kier molecular flexibility index (Phi) is 16.4.